The van der Waals surface area contributed by atoms with E-state index in [1.54, 1.807) is 11.3 Å². The van der Waals surface area contributed by atoms with Crippen LogP contribution >= 0.6 is 22.9 Å². The first-order valence-electron chi connectivity index (χ1n) is 6.61. The maximum Gasteiger partial charge on any atom is 0.225 e. The monoisotopic (exact) mass is 315 g/mol. The Morgan fingerprint density at radius 1 is 1.24 bits per heavy atom. The van der Waals surface area contributed by atoms with E-state index in [-0.39, 0.29) is 5.28 Å². The Balaban J connectivity index is 1.75. The maximum absolute atomic E-state index is 5.97. The lowest BCUT2D eigenvalue weighted by molar-refractivity contribution is 1.19. The van der Waals surface area contributed by atoms with Gasteiger partial charge in [0.2, 0.25) is 5.28 Å². The number of benzene rings is 1. The molecule has 1 N–H and O–H groups in total. The Labute approximate surface area is 132 Å². The highest BCUT2D eigenvalue weighted by molar-refractivity contribution is 7.18. The Morgan fingerprint density at radius 3 is 2.86 bits per heavy atom. The highest BCUT2D eigenvalue weighted by Crippen LogP contribution is 2.29. The van der Waals surface area contributed by atoms with E-state index in [1.165, 1.54) is 10.4 Å². The summed E-state index contributed by atoms with van der Waals surface area (Å²) < 4.78 is 0. The van der Waals surface area contributed by atoms with E-state index < -0.39 is 0 Å². The quantitative estimate of drug-likeness (QED) is 0.704. The molecule has 3 nitrogen and oxygen atoms in total. The van der Waals surface area contributed by atoms with E-state index in [0.29, 0.717) is 6.54 Å². The molecule has 5 heteroatoms. The highest BCUT2D eigenvalue weighted by atomic mass is 35.5. The molecule has 0 saturated carbocycles. The molecule has 106 valence electrons. The summed E-state index contributed by atoms with van der Waals surface area (Å²) in [4.78, 5) is 10.6. The Hall–Kier alpha value is -1.91. The van der Waals surface area contributed by atoms with Crippen molar-refractivity contribution in [3.05, 3.63) is 58.2 Å². The van der Waals surface area contributed by atoms with E-state index >= 15 is 0 Å². The fourth-order valence-electron chi connectivity index (χ4n) is 2.07. The van der Waals surface area contributed by atoms with Crippen molar-refractivity contribution >= 4 is 45.0 Å². The second kappa shape index (κ2) is 6.24. The van der Waals surface area contributed by atoms with Crippen LogP contribution in [-0.2, 0) is 0 Å². The summed E-state index contributed by atoms with van der Waals surface area (Å²) in [7, 11) is 0. The maximum atomic E-state index is 5.97. The SMILES string of the molecule is Cc1cc2c(NCC=Cc3ccccc3)nc(Cl)nc2s1. The minimum Gasteiger partial charge on any atom is -0.366 e. The first-order valence-corrected chi connectivity index (χ1v) is 7.81. The average molecular weight is 316 g/mol. The van der Waals surface area contributed by atoms with Crippen LogP contribution in [0.4, 0.5) is 5.82 Å². The molecule has 0 fully saturated rings. The number of nitrogens with zero attached hydrogens (tertiary/aromatic N) is 2. The van der Waals surface area contributed by atoms with Gasteiger partial charge in [-0.15, -0.1) is 11.3 Å². The average Bonchev–Trinajstić information content (AvgIpc) is 2.84. The summed E-state index contributed by atoms with van der Waals surface area (Å²) in [6.07, 6.45) is 4.14. The molecule has 0 atom stereocenters. The standard InChI is InChI=1S/C16H14ClN3S/c1-11-10-13-14(19-16(17)20-15(13)21-11)18-9-5-8-12-6-3-2-4-7-12/h2-8,10H,9H2,1H3,(H,18,19,20). The number of nitrogens with one attached hydrogen (secondary N) is 1. The van der Waals surface area contributed by atoms with Gasteiger partial charge in [0, 0.05) is 11.4 Å². The number of hydrogen-bond acceptors (Lipinski definition) is 4. The zero-order chi connectivity index (χ0) is 14.7. The fraction of sp³-hybridized carbons (Fsp3) is 0.125. The predicted molar refractivity (Wildman–Crippen MR) is 91.1 cm³/mol. The molecule has 0 aliphatic heterocycles. The third kappa shape index (κ3) is 3.40. The Kier molecular flexibility index (Phi) is 4.18. The van der Waals surface area contributed by atoms with Crippen molar-refractivity contribution in [2.45, 2.75) is 6.92 Å². The zero-order valence-corrected chi connectivity index (χ0v) is 13.1. The van der Waals surface area contributed by atoms with Gasteiger partial charge in [0.15, 0.2) is 0 Å². The van der Waals surface area contributed by atoms with Gasteiger partial charge in [-0.2, -0.15) is 0 Å². The molecule has 0 radical (unpaired) electrons. The van der Waals surface area contributed by atoms with Crippen molar-refractivity contribution in [2.24, 2.45) is 0 Å². The van der Waals surface area contributed by atoms with Gasteiger partial charge >= 0.3 is 0 Å². The van der Waals surface area contributed by atoms with Crippen LogP contribution in [0.3, 0.4) is 0 Å². The third-order valence-electron chi connectivity index (χ3n) is 2.99. The molecule has 0 aliphatic carbocycles. The lowest BCUT2D eigenvalue weighted by Crippen LogP contribution is -2.01. The lowest BCUT2D eigenvalue weighted by atomic mass is 10.2. The number of thiophene rings is 1. The van der Waals surface area contributed by atoms with Crippen LogP contribution in [-0.4, -0.2) is 16.5 Å². The predicted octanol–water partition coefficient (Wildman–Crippen LogP) is 4.78. The van der Waals surface area contributed by atoms with Crippen molar-refractivity contribution in [3.63, 3.8) is 0 Å². The summed E-state index contributed by atoms with van der Waals surface area (Å²) in [6.45, 7) is 2.74. The molecule has 0 aliphatic rings. The third-order valence-corrected chi connectivity index (χ3v) is 4.10. The molecule has 0 bridgehead atoms. The smallest absolute Gasteiger partial charge is 0.225 e. The van der Waals surface area contributed by atoms with Crippen LogP contribution < -0.4 is 5.32 Å². The number of aryl methyl sites for hydroxylation is 1. The Morgan fingerprint density at radius 2 is 2.05 bits per heavy atom. The van der Waals surface area contributed by atoms with Crippen molar-refractivity contribution in [2.75, 3.05) is 11.9 Å². The lowest BCUT2D eigenvalue weighted by Gasteiger charge is -2.04. The summed E-state index contributed by atoms with van der Waals surface area (Å²) in [5, 5.41) is 4.60. The molecule has 2 aromatic heterocycles. The van der Waals surface area contributed by atoms with Gasteiger partial charge in [-0.25, -0.2) is 9.97 Å². The molecule has 0 spiro atoms. The summed E-state index contributed by atoms with van der Waals surface area (Å²) in [6, 6.07) is 12.3. The largest absolute Gasteiger partial charge is 0.366 e. The van der Waals surface area contributed by atoms with Crippen molar-refractivity contribution < 1.29 is 0 Å². The van der Waals surface area contributed by atoms with Gasteiger partial charge in [-0.1, -0.05) is 42.5 Å². The number of rotatable bonds is 4. The molecule has 0 unspecified atom stereocenters. The minimum absolute atomic E-state index is 0.277. The molecule has 3 aromatic rings. The van der Waals surface area contributed by atoms with Gasteiger partial charge in [0.05, 0.1) is 5.39 Å². The molecular formula is C16H14ClN3S. The van der Waals surface area contributed by atoms with E-state index in [1.807, 2.05) is 18.2 Å². The fourth-order valence-corrected chi connectivity index (χ4v) is 3.16. The summed E-state index contributed by atoms with van der Waals surface area (Å²) in [5.74, 6) is 0.784. The molecule has 2 heterocycles. The normalized spacial score (nSPS) is 11.3. The van der Waals surface area contributed by atoms with Crippen LogP contribution in [0, 0.1) is 6.92 Å². The van der Waals surface area contributed by atoms with Gasteiger partial charge in [0.1, 0.15) is 10.6 Å². The van der Waals surface area contributed by atoms with Gasteiger partial charge < -0.3 is 5.32 Å². The molecule has 0 amide bonds. The molecule has 0 saturated heterocycles. The van der Waals surface area contributed by atoms with Gasteiger partial charge in [0.25, 0.3) is 0 Å². The number of halogens is 1. The van der Waals surface area contributed by atoms with E-state index in [4.69, 9.17) is 11.6 Å². The van der Waals surface area contributed by atoms with Crippen LogP contribution in [0.5, 0.6) is 0 Å². The van der Waals surface area contributed by atoms with Crippen molar-refractivity contribution in [1.82, 2.24) is 9.97 Å². The van der Waals surface area contributed by atoms with E-state index in [9.17, 15) is 0 Å². The van der Waals surface area contributed by atoms with E-state index in [2.05, 4.69) is 52.6 Å². The van der Waals surface area contributed by atoms with Crippen LogP contribution in [0.2, 0.25) is 5.28 Å². The Bertz CT molecular complexity index is 781. The van der Waals surface area contributed by atoms with Gasteiger partial charge in [-0.3, -0.25) is 0 Å². The van der Waals surface area contributed by atoms with Crippen molar-refractivity contribution in [3.8, 4) is 0 Å². The second-order valence-corrected chi connectivity index (χ2v) is 6.18. The number of hydrogen-bond donors (Lipinski definition) is 1. The number of anilines is 1. The van der Waals surface area contributed by atoms with Gasteiger partial charge in [-0.05, 0) is 30.2 Å². The first kappa shape index (κ1) is 14.0. The first-order chi connectivity index (χ1) is 10.2. The number of aromatic nitrogens is 2. The van der Waals surface area contributed by atoms with Crippen LogP contribution in [0.15, 0.2) is 42.5 Å². The molecule has 21 heavy (non-hydrogen) atoms. The molecular weight excluding hydrogens is 302 g/mol. The second-order valence-electron chi connectivity index (χ2n) is 4.61. The van der Waals surface area contributed by atoms with E-state index in [0.717, 1.165) is 16.0 Å². The summed E-state index contributed by atoms with van der Waals surface area (Å²) in [5.41, 5.74) is 1.18. The number of fused-ring (bicyclic) bond motifs is 1. The van der Waals surface area contributed by atoms with Crippen LogP contribution in [0.25, 0.3) is 16.3 Å². The summed E-state index contributed by atoms with van der Waals surface area (Å²) >= 11 is 7.59. The topological polar surface area (TPSA) is 37.8 Å². The van der Waals surface area contributed by atoms with Crippen molar-refractivity contribution in [1.29, 1.82) is 0 Å². The van der Waals surface area contributed by atoms with Crippen LogP contribution in [0.1, 0.15) is 10.4 Å². The molecule has 3 rings (SSSR count). The zero-order valence-electron chi connectivity index (χ0n) is 11.5. The minimum atomic E-state index is 0.277. The highest BCUT2D eigenvalue weighted by Gasteiger charge is 2.08. The molecule has 1 aromatic carbocycles.